The summed E-state index contributed by atoms with van der Waals surface area (Å²) in [5, 5.41) is 3.90. The van der Waals surface area contributed by atoms with E-state index in [-0.39, 0.29) is 5.91 Å². The van der Waals surface area contributed by atoms with Gasteiger partial charge in [-0.3, -0.25) is 9.78 Å². The molecule has 6 heteroatoms. The van der Waals surface area contributed by atoms with E-state index in [1.807, 2.05) is 24.3 Å². The SMILES string of the molecule is COc1cccc(/C=N/NC(=O)c2cncc(Br)c2)c1. The molecule has 102 valence electrons. The van der Waals surface area contributed by atoms with Crippen molar-refractivity contribution in [3.05, 3.63) is 58.3 Å². The molecule has 5 nitrogen and oxygen atoms in total. The molecule has 0 radical (unpaired) electrons. The lowest BCUT2D eigenvalue weighted by Gasteiger charge is -2.01. The first-order chi connectivity index (χ1) is 9.69. The van der Waals surface area contributed by atoms with Gasteiger partial charge < -0.3 is 4.74 Å². The number of rotatable bonds is 4. The van der Waals surface area contributed by atoms with Crippen LogP contribution in [0.4, 0.5) is 0 Å². The van der Waals surface area contributed by atoms with Crippen molar-refractivity contribution in [3.8, 4) is 5.75 Å². The van der Waals surface area contributed by atoms with Crippen LogP contribution in [0, 0.1) is 0 Å². The number of pyridine rings is 1. The van der Waals surface area contributed by atoms with Crippen LogP contribution in [0.2, 0.25) is 0 Å². The van der Waals surface area contributed by atoms with E-state index in [0.29, 0.717) is 5.56 Å². The molecule has 0 aliphatic rings. The van der Waals surface area contributed by atoms with Crippen molar-refractivity contribution in [1.29, 1.82) is 0 Å². The number of hydrogen-bond acceptors (Lipinski definition) is 4. The Morgan fingerprint density at radius 2 is 2.25 bits per heavy atom. The minimum absolute atomic E-state index is 0.321. The standard InChI is InChI=1S/C14H12BrN3O2/c1-20-13-4-2-3-10(5-13)7-17-18-14(19)11-6-12(15)9-16-8-11/h2-9H,1H3,(H,18,19)/b17-7+. The highest BCUT2D eigenvalue weighted by molar-refractivity contribution is 9.10. The predicted molar refractivity (Wildman–Crippen MR) is 80.0 cm³/mol. The highest BCUT2D eigenvalue weighted by Crippen LogP contribution is 2.11. The number of ether oxygens (including phenoxy) is 1. The van der Waals surface area contributed by atoms with E-state index in [4.69, 9.17) is 4.74 Å². The highest BCUT2D eigenvalue weighted by atomic mass is 79.9. The number of amides is 1. The Kier molecular flexibility index (Phi) is 4.84. The zero-order valence-electron chi connectivity index (χ0n) is 10.7. The Balaban J connectivity index is 2.00. The van der Waals surface area contributed by atoms with Gasteiger partial charge in [-0.05, 0) is 39.7 Å². The summed E-state index contributed by atoms with van der Waals surface area (Å²) < 4.78 is 5.84. The monoisotopic (exact) mass is 333 g/mol. The Bertz CT molecular complexity index is 644. The lowest BCUT2D eigenvalue weighted by atomic mass is 10.2. The summed E-state index contributed by atoms with van der Waals surface area (Å²) >= 11 is 3.26. The summed E-state index contributed by atoms with van der Waals surface area (Å²) in [7, 11) is 1.60. The maximum absolute atomic E-state index is 11.8. The third-order valence-electron chi connectivity index (χ3n) is 2.44. The number of aromatic nitrogens is 1. The van der Waals surface area contributed by atoms with E-state index in [2.05, 4.69) is 31.4 Å². The minimum Gasteiger partial charge on any atom is -0.497 e. The molecule has 2 rings (SSSR count). The van der Waals surface area contributed by atoms with Crippen molar-refractivity contribution in [3.63, 3.8) is 0 Å². The van der Waals surface area contributed by atoms with Gasteiger partial charge in [-0.2, -0.15) is 5.10 Å². The van der Waals surface area contributed by atoms with Crippen LogP contribution in [0.3, 0.4) is 0 Å². The number of hydrogen-bond donors (Lipinski definition) is 1. The zero-order chi connectivity index (χ0) is 14.4. The number of benzene rings is 1. The van der Waals surface area contributed by atoms with E-state index in [9.17, 15) is 4.79 Å². The lowest BCUT2D eigenvalue weighted by molar-refractivity contribution is 0.0954. The number of methoxy groups -OCH3 is 1. The van der Waals surface area contributed by atoms with Gasteiger partial charge in [0.25, 0.3) is 5.91 Å². The molecule has 1 heterocycles. The topological polar surface area (TPSA) is 63.6 Å². The first-order valence-electron chi connectivity index (χ1n) is 5.77. The maximum atomic E-state index is 11.8. The van der Waals surface area contributed by atoms with Crippen LogP contribution in [0.25, 0.3) is 0 Å². The minimum atomic E-state index is -0.321. The lowest BCUT2D eigenvalue weighted by Crippen LogP contribution is -2.17. The van der Waals surface area contributed by atoms with Gasteiger partial charge in [-0.1, -0.05) is 12.1 Å². The van der Waals surface area contributed by atoms with Gasteiger partial charge in [0.05, 0.1) is 18.9 Å². The van der Waals surface area contributed by atoms with E-state index in [0.717, 1.165) is 15.8 Å². The average Bonchev–Trinajstić information content (AvgIpc) is 2.47. The third-order valence-corrected chi connectivity index (χ3v) is 2.87. The Labute approximate surface area is 124 Å². The molecule has 0 aliphatic carbocycles. The summed E-state index contributed by atoms with van der Waals surface area (Å²) in [6, 6.07) is 9.03. The number of nitrogens with one attached hydrogen (secondary N) is 1. The van der Waals surface area contributed by atoms with Crippen LogP contribution in [-0.2, 0) is 0 Å². The van der Waals surface area contributed by atoms with Gasteiger partial charge in [0.1, 0.15) is 5.75 Å². The Hall–Kier alpha value is -2.21. The number of carbonyl (C=O) groups excluding carboxylic acids is 1. The van der Waals surface area contributed by atoms with Crippen molar-refractivity contribution in [1.82, 2.24) is 10.4 Å². The number of carbonyl (C=O) groups is 1. The van der Waals surface area contributed by atoms with E-state index in [1.165, 1.54) is 6.20 Å². The van der Waals surface area contributed by atoms with Gasteiger partial charge in [-0.25, -0.2) is 5.43 Å². The zero-order valence-corrected chi connectivity index (χ0v) is 12.3. The molecule has 20 heavy (non-hydrogen) atoms. The van der Waals surface area contributed by atoms with Gasteiger partial charge >= 0.3 is 0 Å². The van der Waals surface area contributed by atoms with Crippen LogP contribution < -0.4 is 10.2 Å². The van der Waals surface area contributed by atoms with E-state index >= 15 is 0 Å². The first-order valence-corrected chi connectivity index (χ1v) is 6.56. The highest BCUT2D eigenvalue weighted by Gasteiger charge is 2.04. The molecule has 0 saturated heterocycles. The van der Waals surface area contributed by atoms with Crippen molar-refractivity contribution in [2.45, 2.75) is 0 Å². The van der Waals surface area contributed by atoms with Gasteiger partial charge in [0, 0.05) is 16.9 Å². The van der Waals surface area contributed by atoms with E-state index in [1.54, 1.807) is 25.6 Å². The van der Waals surface area contributed by atoms with Crippen molar-refractivity contribution < 1.29 is 9.53 Å². The quantitative estimate of drug-likeness (QED) is 0.691. The van der Waals surface area contributed by atoms with Gasteiger partial charge in [0.2, 0.25) is 0 Å². The second-order valence-electron chi connectivity index (χ2n) is 3.87. The normalized spacial score (nSPS) is 10.5. The largest absolute Gasteiger partial charge is 0.497 e. The predicted octanol–water partition coefficient (Wildman–Crippen LogP) is 2.62. The molecule has 0 aliphatic heterocycles. The first kappa shape index (κ1) is 14.2. The molecule has 0 spiro atoms. The number of hydrazone groups is 1. The Morgan fingerprint density at radius 1 is 1.40 bits per heavy atom. The molecular weight excluding hydrogens is 322 g/mol. The molecule has 0 fully saturated rings. The maximum Gasteiger partial charge on any atom is 0.272 e. The Morgan fingerprint density at radius 3 is 3.00 bits per heavy atom. The third kappa shape index (κ3) is 3.89. The van der Waals surface area contributed by atoms with Crippen LogP contribution in [-0.4, -0.2) is 24.2 Å². The fourth-order valence-corrected chi connectivity index (χ4v) is 1.85. The summed E-state index contributed by atoms with van der Waals surface area (Å²) in [6.45, 7) is 0. The molecule has 1 amide bonds. The fraction of sp³-hybridized carbons (Fsp3) is 0.0714. The molecule has 0 atom stereocenters. The van der Waals surface area contributed by atoms with Crippen molar-refractivity contribution >= 4 is 28.1 Å². The van der Waals surface area contributed by atoms with Crippen LogP contribution >= 0.6 is 15.9 Å². The summed E-state index contributed by atoms with van der Waals surface area (Å²) in [6.07, 6.45) is 4.63. The smallest absolute Gasteiger partial charge is 0.272 e. The molecular formula is C14H12BrN3O2. The molecule has 2 aromatic rings. The molecule has 0 saturated carbocycles. The van der Waals surface area contributed by atoms with Crippen LogP contribution in [0.15, 0.2) is 52.3 Å². The van der Waals surface area contributed by atoms with Crippen LogP contribution in [0.1, 0.15) is 15.9 Å². The van der Waals surface area contributed by atoms with E-state index < -0.39 is 0 Å². The number of halogens is 1. The molecule has 0 unspecified atom stereocenters. The average molecular weight is 334 g/mol. The molecule has 1 N–H and O–H groups in total. The van der Waals surface area contributed by atoms with Gasteiger partial charge in [-0.15, -0.1) is 0 Å². The summed E-state index contributed by atoms with van der Waals surface area (Å²) in [5.74, 6) is 0.411. The summed E-state index contributed by atoms with van der Waals surface area (Å²) in [4.78, 5) is 15.7. The van der Waals surface area contributed by atoms with Crippen LogP contribution in [0.5, 0.6) is 5.75 Å². The second kappa shape index (κ2) is 6.81. The molecule has 0 bridgehead atoms. The van der Waals surface area contributed by atoms with Crippen molar-refractivity contribution in [2.24, 2.45) is 5.10 Å². The fourth-order valence-electron chi connectivity index (χ4n) is 1.49. The number of nitrogens with zero attached hydrogens (tertiary/aromatic N) is 2. The summed E-state index contributed by atoms with van der Waals surface area (Å²) in [5.41, 5.74) is 3.70. The van der Waals surface area contributed by atoms with Gasteiger partial charge in [0.15, 0.2) is 0 Å². The van der Waals surface area contributed by atoms with Crippen molar-refractivity contribution in [2.75, 3.05) is 7.11 Å². The second-order valence-corrected chi connectivity index (χ2v) is 4.78. The molecule has 1 aromatic carbocycles. The molecule has 1 aromatic heterocycles.